The molecule has 3 amide bonds. The number of phenols is 1. The number of nitrogens with one attached hydrogen (secondary N) is 2. The Morgan fingerprint density at radius 2 is 1.81 bits per heavy atom. The number of imide groups is 1. The fourth-order valence-electron chi connectivity index (χ4n) is 3.98. The van der Waals surface area contributed by atoms with Gasteiger partial charge in [-0.1, -0.05) is 31.9 Å². The summed E-state index contributed by atoms with van der Waals surface area (Å²) in [5.74, 6) is 0.464. The van der Waals surface area contributed by atoms with Crippen molar-refractivity contribution >= 4 is 17.6 Å². The van der Waals surface area contributed by atoms with Crippen LogP contribution in [0.25, 0.3) is 0 Å². The summed E-state index contributed by atoms with van der Waals surface area (Å²) in [6.45, 7) is 5.25. The zero-order chi connectivity index (χ0) is 19.2. The monoisotopic (exact) mass is 374 g/mol. The zero-order valence-corrected chi connectivity index (χ0v) is 16.0. The Morgan fingerprint density at radius 1 is 1.11 bits per heavy atom. The Balaban J connectivity index is 1.40. The van der Waals surface area contributed by atoms with Crippen LogP contribution in [0.3, 0.4) is 0 Å². The van der Waals surface area contributed by atoms with E-state index in [0.29, 0.717) is 19.0 Å². The van der Waals surface area contributed by atoms with E-state index in [1.54, 1.807) is 12.1 Å². The largest absolute Gasteiger partial charge is 0.506 e. The van der Waals surface area contributed by atoms with Crippen LogP contribution in [0, 0.1) is 5.92 Å². The highest BCUT2D eigenvalue weighted by Gasteiger charge is 2.24. The van der Waals surface area contributed by atoms with Crippen molar-refractivity contribution in [1.29, 1.82) is 0 Å². The quantitative estimate of drug-likeness (QED) is 0.750. The number of benzene rings is 1. The van der Waals surface area contributed by atoms with E-state index in [4.69, 9.17) is 0 Å². The number of anilines is 1. The van der Waals surface area contributed by atoms with Crippen LogP contribution in [-0.4, -0.2) is 60.7 Å². The van der Waals surface area contributed by atoms with Gasteiger partial charge in [0, 0.05) is 32.2 Å². The number of hydrogen-bond donors (Lipinski definition) is 3. The molecule has 3 N–H and O–H groups in total. The third-order valence-electron chi connectivity index (χ3n) is 5.64. The lowest BCUT2D eigenvalue weighted by atomic mass is 9.86. The van der Waals surface area contributed by atoms with Crippen molar-refractivity contribution in [3.63, 3.8) is 0 Å². The summed E-state index contributed by atoms with van der Waals surface area (Å²) >= 11 is 0. The number of nitrogens with zero attached hydrogens (tertiary/aromatic N) is 2. The molecular weight excluding hydrogens is 344 g/mol. The summed E-state index contributed by atoms with van der Waals surface area (Å²) in [5, 5.41) is 15.4. The highest BCUT2D eigenvalue weighted by Crippen LogP contribution is 2.27. The summed E-state index contributed by atoms with van der Waals surface area (Å²) < 4.78 is 0. The van der Waals surface area contributed by atoms with E-state index in [2.05, 4.69) is 22.5 Å². The molecular formula is C20H30N4O3. The molecule has 1 aromatic carbocycles. The predicted molar refractivity (Wildman–Crippen MR) is 105 cm³/mol. The number of urea groups is 1. The first kappa shape index (κ1) is 19.5. The van der Waals surface area contributed by atoms with Crippen molar-refractivity contribution in [3.05, 3.63) is 24.3 Å². The number of piperazine rings is 1. The van der Waals surface area contributed by atoms with E-state index in [9.17, 15) is 14.7 Å². The molecule has 0 radical (unpaired) electrons. The van der Waals surface area contributed by atoms with Crippen molar-refractivity contribution in [2.24, 2.45) is 5.92 Å². The lowest BCUT2D eigenvalue weighted by molar-refractivity contribution is -0.121. The van der Waals surface area contributed by atoms with E-state index in [1.807, 2.05) is 17.0 Å². The van der Waals surface area contributed by atoms with Gasteiger partial charge in [0.05, 0.1) is 12.2 Å². The molecule has 0 aromatic heterocycles. The molecule has 0 spiro atoms. The van der Waals surface area contributed by atoms with Crippen LogP contribution in [0.5, 0.6) is 5.75 Å². The van der Waals surface area contributed by atoms with Gasteiger partial charge in [0.1, 0.15) is 5.75 Å². The van der Waals surface area contributed by atoms with Crippen molar-refractivity contribution in [3.8, 4) is 5.75 Å². The van der Waals surface area contributed by atoms with Crippen molar-refractivity contribution in [2.75, 3.05) is 37.6 Å². The van der Waals surface area contributed by atoms with Crippen LogP contribution in [-0.2, 0) is 4.79 Å². The number of carbonyl (C=O) groups is 2. The van der Waals surface area contributed by atoms with Crippen LogP contribution < -0.4 is 15.5 Å². The maximum Gasteiger partial charge on any atom is 0.321 e. The maximum absolute atomic E-state index is 12.2. The molecule has 3 rings (SSSR count). The SMILES string of the molecule is CC1CCCCC1NC(=O)NC(=O)CN1CCN(c2ccccc2O)CC1. The lowest BCUT2D eigenvalue weighted by Gasteiger charge is -2.36. The second-order valence-corrected chi connectivity index (χ2v) is 7.64. The highest BCUT2D eigenvalue weighted by molar-refractivity contribution is 5.95. The minimum absolute atomic E-state index is 0.161. The van der Waals surface area contributed by atoms with Gasteiger partial charge in [-0.25, -0.2) is 4.79 Å². The molecule has 2 unspecified atom stereocenters. The first-order valence-electron chi connectivity index (χ1n) is 9.88. The van der Waals surface area contributed by atoms with Gasteiger partial charge in [-0.05, 0) is 30.9 Å². The van der Waals surface area contributed by atoms with Crippen molar-refractivity contribution < 1.29 is 14.7 Å². The van der Waals surface area contributed by atoms with E-state index in [0.717, 1.165) is 38.0 Å². The van der Waals surface area contributed by atoms with Gasteiger partial charge in [0.2, 0.25) is 5.91 Å². The summed E-state index contributed by atoms with van der Waals surface area (Å²) in [6.07, 6.45) is 4.45. The highest BCUT2D eigenvalue weighted by atomic mass is 16.3. The van der Waals surface area contributed by atoms with E-state index < -0.39 is 0 Å². The number of hydrogen-bond acceptors (Lipinski definition) is 5. The summed E-state index contributed by atoms with van der Waals surface area (Å²) in [6, 6.07) is 7.06. The number of carbonyl (C=O) groups excluding carboxylic acids is 2. The first-order chi connectivity index (χ1) is 13.0. The predicted octanol–water partition coefficient (Wildman–Crippen LogP) is 1.92. The molecule has 0 bridgehead atoms. The molecule has 148 valence electrons. The Bertz CT molecular complexity index is 658. The van der Waals surface area contributed by atoms with Crippen LogP contribution in [0.4, 0.5) is 10.5 Å². The third kappa shape index (κ3) is 5.35. The van der Waals surface area contributed by atoms with Crippen LogP contribution >= 0.6 is 0 Å². The number of phenolic OH excluding ortho intramolecular Hbond substituents is 1. The normalized spacial score (nSPS) is 23.7. The van der Waals surface area contributed by atoms with Crippen molar-refractivity contribution in [2.45, 2.75) is 38.6 Å². The van der Waals surface area contributed by atoms with Crippen molar-refractivity contribution in [1.82, 2.24) is 15.5 Å². The molecule has 27 heavy (non-hydrogen) atoms. The molecule has 2 atom stereocenters. The van der Waals surface area contributed by atoms with Crippen LogP contribution in [0.15, 0.2) is 24.3 Å². The third-order valence-corrected chi connectivity index (χ3v) is 5.64. The molecule has 1 heterocycles. The second-order valence-electron chi connectivity index (χ2n) is 7.64. The maximum atomic E-state index is 12.2. The molecule has 1 aromatic rings. The molecule has 2 fully saturated rings. The molecule has 2 aliphatic rings. The molecule has 1 saturated carbocycles. The molecule has 7 nitrogen and oxygen atoms in total. The summed E-state index contributed by atoms with van der Waals surface area (Å²) in [7, 11) is 0. The van der Waals surface area contributed by atoms with Crippen LogP contribution in [0.2, 0.25) is 0 Å². The average molecular weight is 374 g/mol. The van der Waals surface area contributed by atoms with E-state index >= 15 is 0 Å². The first-order valence-corrected chi connectivity index (χ1v) is 9.88. The van der Waals surface area contributed by atoms with Gasteiger partial charge in [0.25, 0.3) is 0 Å². The number of para-hydroxylation sites is 2. The fraction of sp³-hybridized carbons (Fsp3) is 0.600. The number of rotatable bonds is 4. The van der Waals surface area contributed by atoms with Gasteiger partial charge in [0.15, 0.2) is 0 Å². The Kier molecular flexibility index (Phi) is 6.55. The van der Waals surface area contributed by atoms with Gasteiger partial charge in [-0.2, -0.15) is 0 Å². The minimum Gasteiger partial charge on any atom is -0.506 e. The van der Waals surface area contributed by atoms with Gasteiger partial charge >= 0.3 is 6.03 Å². The standard InChI is InChI=1S/C20H30N4O3/c1-15-6-2-3-7-16(15)21-20(27)22-19(26)14-23-10-12-24(13-11-23)17-8-4-5-9-18(17)25/h4-5,8-9,15-16,25H,2-3,6-7,10-14H2,1H3,(H2,21,22,26,27). The Morgan fingerprint density at radius 3 is 2.52 bits per heavy atom. The molecule has 1 saturated heterocycles. The molecule has 1 aliphatic carbocycles. The van der Waals surface area contributed by atoms with Gasteiger partial charge in [-0.3, -0.25) is 15.0 Å². The van der Waals surface area contributed by atoms with Gasteiger partial charge in [-0.15, -0.1) is 0 Å². The Labute approximate surface area is 160 Å². The van der Waals surface area contributed by atoms with E-state index in [-0.39, 0.29) is 30.3 Å². The zero-order valence-electron chi connectivity index (χ0n) is 16.0. The number of amides is 3. The average Bonchev–Trinajstić information content (AvgIpc) is 2.65. The molecule has 1 aliphatic heterocycles. The summed E-state index contributed by atoms with van der Waals surface area (Å²) in [5.41, 5.74) is 0.822. The lowest BCUT2D eigenvalue weighted by Crippen LogP contribution is -2.52. The topological polar surface area (TPSA) is 84.9 Å². The molecule has 7 heteroatoms. The minimum atomic E-state index is -0.383. The van der Waals surface area contributed by atoms with Crippen LogP contribution in [0.1, 0.15) is 32.6 Å². The van der Waals surface area contributed by atoms with E-state index in [1.165, 1.54) is 6.42 Å². The second kappa shape index (κ2) is 9.08. The Hall–Kier alpha value is -2.28. The van der Waals surface area contributed by atoms with Gasteiger partial charge < -0.3 is 15.3 Å². The summed E-state index contributed by atoms with van der Waals surface area (Å²) in [4.78, 5) is 28.4. The fourth-order valence-corrected chi connectivity index (χ4v) is 3.98. The number of aromatic hydroxyl groups is 1. The smallest absolute Gasteiger partial charge is 0.321 e.